The first-order valence-electron chi connectivity index (χ1n) is 23.5. The number of para-hydroxylation sites is 4. The second-order valence-corrected chi connectivity index (χ2v) is 11.3. The summed E-state index contributed by atoms with van der Waals surface area (Å²) < 4.78 is 146. The molecule has 0 saturated carbocycles. The molecule has 0 unspecified atom stereocenters. The molecule has 0 amide bonds. The minimum Gasteiger partial charge on any atom is -0.309 e. The Morgan fingerprint density at radius 3 is 1.60 bits per heavy atom. The Balaban J connectivity index is 1.28. The van der Waals surface area contributed by atoms with E-state index in [1.54, 1.807) is 59.2 Å². The number of nitrogens with zero attached hydrogens (tertiary/aromatic N) is 5. The number of rotatable bonds is 5. The molecule has 0 aliphatic carbocycles. The summed E-state index contributed by atoms with van der Waals surface area (Å²) >= 11 is 0. The Morgan fingerprint density at radius 2 is 0.940 bits per heavy atom. The quantitative estimate of drug-likeness (QED) is 0.185. The number of fused-ring (bicyclic) bond motifs is 6. The molecule has 0 bridgehead atoms. The first-order valence-corrected chi connectivity index (χ1v) is 15.5. The first-order chi connectivity index (χ1) is 31.5. The summed E-state index contributed by atoms with van der Waals surface area (Å²) in [7, 11) is 0. The van der Waals surface area contributed by atoms with Crippen LogP contribution < -0.4 is 0 Å². The van der Waals surface area contributed by atoms with E-state index in [0.717, 1.165) is 15.3 Å². The molecule has 10 rings (SSSR count). The van der Waals surface area contributed by atoms with E-state index < -0.39 is 125 Å². The van der Waals surface area contributed by atoms with Gasteiger partial charge in [0.25, 0.3) is 0 Å². The van der Waals surface area contributed by atoms with Crippen LogP contribution in [0.25, 0.3) is 89.2 Å². The summed E-state index contributed by atoms with van der Waals surface area (Å²) in [6.45, 7) is 0. The normalized spacial score (nSPS) is 16.1. The highest BCUT2D eigenvalue weighted by Crippen LogP contribution is 2.35. The zero-order valence-corrected chi connectivity index (χ0v) is 25.7. The third-order valence-corrected chi connectivity index (χ3v) is 8.40. The molecular weight excluding hydrogens is 611 g/mol. The highest BCUT2D eigenvalue weighted by atomic mass is 15.2. The van der Waals surface area contributed by atoms with Crippen molar-refractivity contribution in [3.63, 3.8) is 0 Å². The topological polar surface area (TPSA) is 48.5 Å². The minimum atomic E-state index is -0.735. The zero-order chi connectivity index (χ0) is 46.9. The van der Waals surface area contributed by atoms with Gasteiger partial charge in [-0.2, -0.15) is 9.97 Å². The highest BCUT2D eigenvalue weighted by Gasteiger charge is 2.18. The third kappa shape index (κ3) is 4.52. The van der Waals surface area contributed by atoms with Crippen molar-refractivity contribution < 1.29 is 21.9 Å². The number of hydrogen-bond acceptors (Lipinski definition) is 3. The number of hydrogen-bond donors (Lipinski definition) is 0. The molecule has 0 N–H and O–H groups in total. The van der Waals surface area contributed by atoms with Crippen LogP contribution in [0.1, 0.15) is 21.9 Å². The Hall–Kier alpha value is -6.85. The second kappa shape index (κ2) is 11.4. The fraction of sp³-hybridized carbons (Fsp3) is 0. The highest BCUT2D eigenvalue weighted by molar-refractivity contribution is 6.10. The van der Waals surface area contributed by atoms with Crippen molar-refractivity contribution in [2.24, 2.45) is 0 Å². The van der Waals surface area contributed by atoms with E-state index in [9.17, 15) is 6.85 Å². The molecule has 50 heavy (non-hydrogen) atoms. The molecule has 3 aromatic heterocycles. The molecule has 3 heterocycles. The van der Waals surface area contributed by atoms with Crippen LogP contribution in [0.3, 0.4) is 0 Å². The lowest BCUT2D eigenvalue weighted by Crippen LogP contribution is -2.06. The minimum absolute atomic E-state index is 0.110. The van der Waals surface area contributed by atoms with E-state index in [2.05, 4.69) is 15.0 Å². The van der Waals surface area contributed by atoms with E-state index in [1.165, 1.54) is 0 Å². The van der Waals surface area contributed by atoms with Gasteiger partial charge in [0.2, 0.25) is 5.95 Å². The Morgan fingerprint density at radius 1 is 0.380 bits per heavy atom. The second-order valence-electron chi connectivity index (χ2n) is 11.3. The zero-order valence-electron chi connectivity index (χ0n) is 41.7. The molecule has 10 aromatic rings. The van der Waals surface area contributed by atoms with Crippen molar-refractivity contribution in [1.29, 1.82) is 0 Å². The monoisotopic (exact) mass is 655 g/mol. The molecule has 0 fully saturated rings. The van der Waals surface area contributed by atoms with Crippen LogP contribution in [0.4, 0.5) is 0 Å². The predicted molar refractivity (Wildman–Crippen MR) is 205 cm³/mol. The van der Waals surface area contributed by atoms with Gasteiger partial charge in [0.1, 0.15) is 0 Å². The summed E-state index contributed by atoms with van der Waals surface area (Å²) in [5.41, 5.74) is -0.582. The first kappa shape index (κ1) is 16.5. The van der Waals surface area contributed by atoms with Gasteiger partial charge in [-0.3, -0.25) is 4.57 Å². The van der Waals surface area contributed by atoms with E-state index in [0.29, 0.717) is 16.6 Å². The summed E-state index contributed by atoms with van der Waals surface area (Å²) in [5.74, 6) is -1.03. The summed E-state index contributed by atoms with van der Waals surface area (Å²) in [4.78, 5) is 13.8. The van der Waals surface area contributed by atoms with E-state index in [4.69, 9.17) is 15.1 Å². The third-order valence-electron chi connectivity index (χ3n) is 8.40. The van der Waals surface area contributed by atoms with Gasteiger partial charge in [-0.25, -0.2) is 4.98 Å². The molecule has 0 radical (unpaired) electrons. The Kier molecular flexibility index (Phi) is 3.76. The molecule has 0 saturated heterocycles. The van der Waals surface area contributed by atoms with Crippen molar-refractivity contribution in [1.82, 2.24) is 24.1 Å². The summed E-state index contributed by atoms with van der Waals surface area (Å²) in [5, 5.41) is 1.09. The molecule has 7 aromatic carbocycles. The standard InChI is InChI=1S/C45H29N5/c1-2-13-31(14-3-1)43-46-44(48-45(47-43)50-41-23-10-6-19-37(41)38-20-7-11-24-42(38)50)32-27-25-30(26-28-32)33-15-12-16-34(29-33)49-39-21-8-4-17-35(39)36-18-5-9-22-40(36)49/h1-29H/i6D,7D,10D,11D,12D,15D,16D,19D,20D,23D,24D,25D,26D,27D,28D,29D. The van der Waals surface area contributed by atoms with Crippen LogP contribution in [-0.4, -0.2) is 24.1 Å². The summed E-state index contributed by atoms with van der Waals surface area (Å²) in [6, 6.07) is 12.6. The molecule has 5 heteroatoms. The van der Waals surface area contributed by atoms with Gasteiger partial charge in [-0.1, -0.05) is 139 Å². The average molecular weight is 656 g/mol. The maximum atomic E-state index is 9.55. The fourth-order valence-electron chi connectivity index (χ4n) is 6.20. The van der Waals surface area contributed by atoms with Crippen LogP contribution in [0, 0.1) is 0 Å². The molecule has 0 aliphatic heterocycles. The molecular formula is C45H29N5. The summed E-state index contributed by atoms with van der Waals surface area (Å²) in [6.07, 6.45) is 0. The maximum Gasteiger partial charge on any atom is 0.238 e. The van der Waals surface area contributed by atoms with Crippen molar-refractivity contribution in [2.75, 3.05) is 0 Å². The molecule has 0 atom stereocenters. The van der Waals surface area contributed by atoms with E-state index in [1.807, 2.05) is 24.3 Å². The maximum absolute atomic E-state index is 9.55. The van der Waals surface area contributed by atoms with Gasteiger partial charge < -0.3 is 4.57 Å². The Labute approximate surface area is 310 Å². The Bertz CT molecular complexity index is 3630. The van der Waals surface area contributed by atoms with Gasteiger partial charge in [-0.15, -0.1) is 0 Å². The van der Waals surface area contributed by atoms with Crippen LogP contribution in [0.5, 0.6) is 0 Å². The van der Waals surface area contributed by atoms with Gasteiger partial charge in [-0.05, 0) is 47.4 Å². The molecule has 0 aliphatic rings. The van der Waals surface area contributed by atoms with Gasteiger partial charge in [0.15, 0.2) is 11.6 Å². The van der Waals surface area contributed by atoms with Crippen molar-refractivity contribution in [3.8, 4) is 45.5 Å². The SMILES string of the molecule is [2H]c1c([2H])c(-c2c([2H])c([2H])c(-c3nc(-c4ccccc4)nc(-n4c5c([2H])c([2H])c([2H])c([2H])c5c5c([2H])c([2H])c([2H])c([2H])c54)n3)c([2H])c2[2H])c([2H])c(-n2c3ccccc3c3ccccc32)c1[2H]. The van der Waals surface area contributed by atoms with Gasteiger partial charge in [0.05, 0.1) is 44.0 Å². The largest absolute Gasteiger partial charge is 0.309 e. The molecule has 234 valence electrons. The lowest BCUT2D eigenvalue weighted by atomic mass is 10.0. The van der Waals surface area contributed by atoms with Crippen LogP contribution >= 0.6 is 0 Å². The van der Waals surface area contributed by atoms with Crippen molar-refractivity contribution >= 4 is 43.6 Å². The number of benzene rings is 7. The smallest absolute Gasteiger partial charge is 0.238 e. The molecule has 5 nitrogen and oxygen atoms in total. The predicted octanol–water partition coefficient (Wildman–Crippen LogP) is 11.1. The van der Waals surface area contributed by atoms with E-state index >= 15 is 0 Å². The average Bonchev–Trinajstić information content (AvgIpc) is 3.86. The van der Waals surface area contributed by atoms with Crippen molar-refractivity contribution in [3.05, 3.63) is 176 Å². The van der Waals surface area contributed by atoms with Crippen molar-refractivity contribution in [2.45, 2.75) is 0 Å². The van der Waals surface area contributed by atoms with Crippen LogP contribution in [0.2, 0.25) is 0 Å². The van der Waals surface area contributed by atoms with E-state index in [-0.39, 0.29) is 33.3 Å². The van der Waals surface area contributed by atoms with Gasteiger partial charge >= 0.3 is 0 Å². The fourth-order valence-corrected chi connectivity index (χ4v) is 6.20. The lowest BCUT2D eigenvalue weighted by Gasteiger charge is -2.12. The lowest BCUT2D eigenvalue weighted by molar-refractivity contribution is 0.953. The van der Waals surface area contributed by atoms with Crippen LogP contribution in [0.15, 0.2) is 176 Å². The molecule has 0 spiro atoms. The van der Waals surface area contributed by atoms with Gasteiger partial charge in [0, 0.05) is 38.4 Å². The number of aromatic nitrogens is 5. The van der Waals surface area contributed by atoms with Crippen LogP contribution in [-0.2, 0) is 0 Å².